The maximum absolute atomic E-state index is 12.8. The Morgan fingerprint density at radius 2 is 2.04 bits per heavy atom. The van der Waals surface area contributed by atoms with Gasteiger partial charge in [-0.05, 0) is 44.2 Å². The lowest BCUT2D eigenvalue weighted by atomic mass is 10.3. The standard InChI is InChI=1S/C16H16FN5O3/c1-10(2)22-13(7-8-18-22)15-20-21-16(25-15)19-14(23)9-24-12-5-3-11(17)4-6-12/h3-8,10H,9H2,1-2H3,(H,19,21,23). The minimum Gasteiger partial charge on any atom is -0.484 e. The first kappa shape index (κ1) is 16.6. The molecule has 0 bridgehead atoms. The number of nitrogens with zero attached hydrogens (tertiary/aromatic N) is 4. The molecule has 1 N–H and O–H groups in total. The fraction of sp³-hybridized carbons (Fsp3) is 0.250. The van der Waals surface area contributed by atoms with Gasteiger partial charge < -0.3 is 9.15 Å². The highest BCUT2D eigenvalue weighted by Crippen LogP contribution is 2.22. The van der Waals surface area contributed by atoms with Crippen molar-refractivity contribution in [3.63, 3.8) is 0 Å². The van der Waals surface area contributed by atoms with E-state index in [1.165, 1.54) is 24.3 Å². The Morgan fingerprint density at radius 1 is 1.28 bits per heavy atom. The fourth-order valence-corrected chi connectivity index (χ4v) is 2.11. The maximum atomic E-state index is 12.8. The molecule has 0 radical (unpaired) electrons. The number of hydrogen-bond donors (Lipinski definition) is 1. The minimum absolute atomic E-state index is 0.0424. The number of carbonyl (C=O) groups is 1. The van der Waals surface area contributed by atoms with Crippen LogP contribution in [0.25, 0.3) is 11.6 Å². The summed E-state index contributed by atoms with van der Waals surface area (Å²) in [4.78, 5) is 11.9. The van der Waals surface area contributed by atoms with Crippen LogP contribution in [0.2, 0.25) is 0 Å². The number of nitrogens with one attached hydrogen (secondary N) is 1. The van der Waals surface area contributed by atoms with Crippen molar-refractivity contribution in [1.29, 1.82) is 0 Å². The number of amides is 1. The van der Waals surface area contributed by atoms with Gasteiger partial charge in [0.15, 0.2) is 6.61 Å². The predicted octanol–water partition coefficient (Wildman–Crippen LogP) is 2.67. The molecule has 0 saturated heterocycles. The third kappa shape index (κ3) is 4.00. The van der Waals surface area contributed by atoms with Gasteiger partial charge in [0.2, 0.25) is 0 Å². The summed E-state index contributed by atoms with van der Waals surface area (Å²) in [5, 5.41) is 14.3. The third-order valence-corrected chi connectivity index (χ3v) is 3.23. The number of hydrogen-bond acceptors (Lipinski definition) is 6. The smallest absolute Gasteiger partial charge is 0.322 e. The van der Waals surface area contributed by atoms with E-state index in [0.717, 1.165) is 0 Å². The van der Waals surface area contributed by atoms with E-state index < -0.39 is 5.91 Å². The van der Waals surface area contributed by atoms with E-state index in [1.807, 2.05) is 13.8 Å². The van der Waals surface area contributed by atoms with Gasteiger partial charge in [-0.3, -0.25) is 14.8 Å². The van der Waals surface area contributed by atoms with Gasteiger partial charge >= 0.3 is 6.01 Å². The molecule has 3 rings (SSSR count). The number of rotatable bonds is 6. The fourth-order valence-electron chi connectivity index (χ4n) is 2.11. The van der Waals surface area contributed by atoms with E-state index in [9.17, 15) is 9.18 Å². The summed E-state index contributed by atoms with van der Waals surface area (Å²) in [7, 11) is 0. The Bertz CT molecular complexity index is 857. The summed E-state index contributed by atoms with van der Waals surface area (Å²) in [6.07, 6.45) is 1.63. The quantitative estimate of drug-likeness (QED) is 0.738. The highest BCUT2D eigenvalue weighted by Gasteiger charge is 2.16. The van der Waals surface area contributed by atoms with Crippen LogP contribution in [0.1, 0.15) is 19.9 Å². The predicted molar refractivity (Wildman–Crippen MR) is 86.4 cm³/mol. The second kappa shape index (κ2) is 7.12. The summed E-state index contributed by atoms with van der Waals surface area (Å²) in [5.74, 6) is -0.225. The van der Waals surface area contributed by atoms with Crippen molar-refractivity contribution in [3.8, 4) is 17.3 Å². The Morgan fingerprint density at radius 3 is 2.76 bits per heavy atom. The Hall–Kier alpha value is -3.23. The van der Waals surface area contributed by atoms with Crippen LogP contribution >= 0.6 is 0 Å². The van der Waals surface area contributed by atoms with Crippen LogP contribution in [-0.2, 0) is 4.79 Å². The largest absolute Gasteiger partial charge is 0.484 e. The lowest BCUT2D eigenvalue weighted by Gasteiger charge is -2.07. The summed E-state index contributed by atoms with van der Waals surface area (Å²) >= 11 is 0. The second-order valence-corrected chi connectivity index (χ2v) is 5.46. The Kier molecular flexibility index (Phi) is 4.73. The molecule has 8 nitrogen and oxygen atoms in total. The van der Waals surface area contributed by atoms with Crippen LogP contribution < -0.4 is 10.1 Å². The third-order valence-electron chi connectivity index (χ3n) is 3.23. The van der Waals surface area contributed by atoms with Crippen LogP contribution in [-0.4, -0.2) is 32.5 Å². The zero-order valence-corrected chi connectivity index (χ0v) is 13.6. The van der Waals surface area contributed by atoms with Crippen molar-refractivity contribution in [2.24, 2.45) is 0 Å². The van der Waals surface area contributed by atoms with E-state index in [-0.39, 0.29) is 30.4 Å². The monoisotopic (exact) mass is 345 g/mol. The van der Waals surface area contributed by atoms with Gasteiger partial charge in [-0.15, -0.1) is 5.10 Å². The molecule has 0 unspecified atom stereocenters. The van der Waals surface area contributed by atoms with Gasteiger partial charge in [0.25, 0.3) is 11.8 Å². The topological polar surface area (TPSA) is 95.1 Å². The molecular weight excluding hydrogens is 329 g/mol. The number of anilines is 1. The van der Waals surface area contributed by atoms with Gasteiger partial charge in [-0.1, -0.05) is 5.10 Å². The minimum atomic E-state index is -0.475. The van der Waals surface area contributed by atoms with E-state index in [0.29, 0.717) is 11.4 Å². The van der Waals surface area contributed by atoms with Crippen molar-refractivity contribution in [3.05, 3.63) is 42.3 Å². The van der Waals surface area contributed by atoms with Crippen LogP contribution in [0.5, 0.6) is 5.75 Å². The van der Waals surface area contributed by atoms with E-state index >= 15 is 0 Å². The summed E-state index contributed by atoms with van der Waals surface area (Å²) in [6.45, 7) is 3.68. The molecule has 130 valence electrons. The van der Waals surface area contributed by atoms with Gasteiger partial charge in [0, 0.05) is 12.2 Å². The molecule has 0 aliphatic heterocycles. The average molecular weight is 345 g/mol. The van der Waals surface area contributed by atoms with Crippen LogP contribution in [0.3, 0.4) is 0 Å². The van der Waals surface area contributed by atoms with Crippen LogP contribution in [0, 0.1) is 5.82 Å². The van der Waals surface area contributed by atoms with Crippen molar-refractivity contribution in [1.82, 2.24) is 20.0 Å². The zero-order valence-electron chi connectivity index (χ0n) is 13.6. The number of aromatic nitrogens is 4. The van der Waals surface area contributed by atoms with Crippen molar-refractivity contribution in [2.45, 2.75) is 19.9 Å². The lowest BCUT2D eigenvalue weighted by molar-refractivity contribution is -0.118. The van der Waals surface area contributed by atoms with Gasteiger partial charge in [-0.2, -0.15) is 5.10 Å². The normalized spacial score (nSPS) is 10.9. The van der Waals surface area contributed by atoms with Gasteiger partial charge in [0.1, 0.15) is 17.3 Å². The van der Waals surface area contributed by atoms with Crippen molar-refractivity contribution >= 4 is 11.9 Å². The Labute approximate surface area is 142 Å². The van der Waals surface area contributed by atoms with Crippen LogP contribution in [0.4, 0.5) is 10.4 Å². The molecule has 1 amide bonds. The van der Waals surface area contributed by atoms with Crippen molar-refractivity contribution < 1.29 is 18.3 Å². The molecule has 25 heavy (non-hydrogen) atoms. The molecule has 2 heterocycles. The molecule has 0 aliphatic rings. The molecule has 1 aromatic carbocycles. The second-order valence-electron chi connectivity index (χ2n) is 5.46. The van der Waals surface area contributed by atoms with Crippen LogP contribution in [0.15, 0.2) is 40.9 Å². The molecule has 0 spiro atoms. The maximum Gasteiger partial charge on any atom is 0.322 e. The average Bonchev–Trinajstić information content (AvgIpc) is 3.23. The molecule has 0 saturated carbocycles. The van der Waals surface area contributed by atoms with Gasteiger partial charge in [-0.25, -0.2) is 4.39 Å². The molecule has 0 fully saturated rings. The number of benzene rings is 1. The number of carbonyl (C=O) groups excluding carboxylic acids is 1. The molecule has 9 heteroatoms. The summed E-state index contributed by atoms with van der Waals surface area (Å²) < 4.78 is 25.2. The summed E-state index contributed by atoms with van der Waals surface area (Å²) in [6, 6.07) is 7.18. The van der Waals surface area contributed by atoms with Crippen molar-refractivity contribution in [2.75, 3.05) is 11.9 Å². The summed E-state index contributed by atoms with van der Waals surface area (Å²) in [5.41, 5.74) is 0.658. The number of halogens is 1. The SMILES string of the molecule is CC(C)n1nccc1-c1nnc(NC(=O)COc2ccc(F)cc2)o1. The number of ether oxygens (including phenoxy) is 1. The lowest BCUT2D eigenvalue weighted by Crippen LogP contribution is -2.20. The van der Waals surface area contributed by atoms with E-state index in [1.54, 1.807) is 16.9 Å². The van der Waals surface area contributed by atoms with Gasteiger partial charge in [0.05, 0.1) is 0 Å². The molecule has 0 aliphatic carbocycles. The zero-order chi connectivity index (χ0) is 17.8. The Balaban J connectivity index is 1.60. The molecule has 0 atom stereocenters. The van der Waals surface area contributed by atoms with E-state index in [2.05, 4.69) is 20.6 Å². The molecular formula is C16H16FN5O3. The first-order chi connectivity index (χ1) is 12.0. The van der Waals surface area contributed by atoms with E-state index in [4.69, 9.17) is 9.15 Å². The molecule has 2 aromatic heterocycles. The molecule has 3 aromatic rings. The highest BCUT2D eigenvalue weighted by atomic mass is 19.1. The highest BCUT2D eigenvalue weighted by molar-refractivity contribution is 5.89. The first-order valence-corrected chi connectivity index (χ1v) is 7.58. The first-order valence-electron chi connectivity index (χ1n) is 7.58.